The predicted octanol–water partition coefficient (Wildman–Crippen LogP) is 0.363. The molecule has 27 heavy (non-hydrogen) atoms. The van der Waals surface area contributed by atoms with Crippen LogP contribution in [0.3, 0.4) is 0 Å². The topological polar surface area (TPSA) is 93.0 Å². The van der Waals surface area contributed by atoms with Crippen LogP contribution in [-0.2, 0) is 23.7 Å². The molecule has 154 valence electrons. The molecule has 4 aliphatic rings. The van der Waals surface area contributed by atoms with Crippen molar-refractivity contribution >= 4 is 5.78 Å². The van der Waals surface area contributed by atoms with Crippen molar-refractivity contribution in [1.29, 1.82) is 5.26 Å². The van der Waals surface area contributed by atoms with Crippen LogP contribution < -0.4 is 5.32 Å². The van der Waals surface area contributed by atoms with Crippen LogP contribution in [-0.4, -0.2) is 95.3 Å². The fraction of sp³-hybridized carbons (Fsp3) is 0.895. The SMILES string of the molecule is C1COCCN1.N#CC1(N2CCOCC2)CCOCC1.O=C1CCOCC1. The molecular weight excluding hydrogens is 350 g/mol. The van der Waals surface area contributed by atoms with Gasteiger partial charge >= 0.3 is 0 Å². The third-order valence-corrected chi connectivity index (χ3v) is 5.04. The summed E-state index contributed by atoms with van der Waals surface area (Å²) >= 11 is 0. The number of ketones is 1. The molecule has 0 aromatic heterocycles. The lowest BCUT2D eigenvalue weighted by Gasteiger charge is -2.42. The van der Waals surface area contributed by atoms with E-state index < -0.39 is 0 Å². The van der Waals surface area contributed by atoms with Gasteiger partial charge in [0.25, 0.3) is 0 Å². The minimum Gasteiger partial charge on any atom is -0.381 e. The highest BCUT2D eigenvalue weighted by atomic mass is 16.5. The van der Waals surface area contributed by atoms with Crippen LogP contribution in [0.25, 0.3) is 0 Å². The molecule has 0 atom stereocenters. The van der Waals surface area contributed by atoms with Crippen molar-refractivity contribution in [2.24, 2.45) is 0 Å². The molecule has 0 aliphatic carbocycles. The van der Waals surface area contributed by atoms with Crippen LogP contribution in [0, 0.1) is 11.3 Å². The van der Waals surface area contributed by atoms with Gasteiger partial charge in [0, 0.05) is 65.1 Å². The lowest BCUT2D eigenvalue weighted by Crippen LogP contribution is -2.55. The Balaban J connectivity index is 0.000000167. The molecular formula is C19H33N3O5. The molecule has 0 radical (unpaired) electrons. The zero-order chi connectivity index (χ0) is 19.2. The summed E-state index contributed by atoms with van der Waals surface area (Å²) in [5.74, 6) is 0.339. The normalized spacial score (nSPS) is 25.8. The molecule has 4 aliphatic heterocycles. The van der Waals surface area contributed by atoms with E-state index in [2.05, 4.69) is 16.3 Å². The smallest absolute Gasteiger partial charge is 0.137 e. The molecule has 8 heteroatoms. The van der Waals surface area contributed by atoms with Gasteiger partial charge in [0.15, 0.2) is 0 Å². The second-order valence-electron chi connectivity index (χ2n) is 6.87. The molecule has 0 bridgehead atoms. The van der Waals surface area contributed by atoms with Crippen LogP contribution in [0.5, 0.6) is 0 Å². The number of rotatable bonds is 1. The Kier molecular flexibility index (Phi) is 10.8. The van der Waals surface area contributed by atoms with Crippen molar-refractivity contribution in [2.75, 3.05) is 79.0 Å². The highest BCUT2D eigenvalue weighted by Crippen LogP contribution is 2.27. The van der Waals surface area contributed by atoms with Gasteiger partial charge in [-0.3, -0.25) is 9.69 Å². The average Bonchev–Trinajstić information content (AvgIpc) is 2.77. The standard InChI is InChI=1S/C10H16N2O2.C5H8O2.C4H9NO/c11-9-10(1-5-13-6-2-10)12-3-7-14-8-4-12;6-5-1-3-7-4-2-5;1-3-6-4-2-5-1/h1-8H2;1-4H2;5H,1-4H2. The first-order valence-electron chi connectivity index (χ1n) is 9.96. The molecule has 0 spiro atoms. The van der Waals surface area contributed by atoms with Gasteiger partial charge in [0.1, 0.15) is 11.3 Å². The lowest BCUT2D eigenvalue weighted by atomic mass is 9.89. The monoisotopic (exact) mass is 383 g/mol. The Hall–Kier alpha value is -1.08. The molecule has 0 aromatic carbocycles. The van der Waals surface area contributed by atoms with E-state index in [0.29, 0.717) is 45.1 Å². The van der Waals surface area contributed by atoms with Crippen molar-refractivity contribution in [3.05, 3.63) is 0 Å². The summed E-state index contributed by atoms with van der Waals surface area (Å²) in [6.07, 6.45) is 2.92. The summed E-state index contributed by atoms with van der Waals surface area (Å²) in [7, 11) is 0. The first-order chi connectivity index (χ1) is 13.3. The van der Waals surface area contributed by atoms with Crippen molar-refractivity contribution in [3.8, 4) is 6.07 Å². The molecule has 4 saturated heterocycles. The third kappa shape index (κ3) is 8.21. The molecule has 4 heterocycles. The van der Waals surface area contributed by atoms with E-state index in [1.165, 1.54) is 0 Å². The van der Waals surface area contributed by atoms with Gasteiger partial charge < -0.3 is 24.3 Å². The number of nitrogens with one attached hydrogen (secondary N) is 1. The van der Waals surface area contributed by atoms with Crippen LogP contribution in [0.1, 0.15) is 25.7 Å². The number of Topliss-reactive ketones (excluding diaryl/α,β-unsaturated/α-hetero) is 1. The van der Waals surface area contributed by atoms with E-state index in [4.69, 9.17) is 18.9 Å². The molecule has 0 aromatic rings. The maximum atomic E-state index is 10.4. The first-order valence-corrected chi connectivity index (χ1v) is 9.96. The Morgan fingerprint density at radius 3 is 1.74 bits per heavy atom. The van der Waals surface area contributed by atoms with Crippen molar-refractivity contribution in [1.82, 2.24) is 10.2 Å². The summed E-state index contributed by atoms with van der Waals surface area (Å²) < 4.78 is 20.5. The number of carbonyl (C=O) groups is 1. The van der Waals surface area contributed by atoms with E-state index in [1.54, 1.807) is 0 Å². The Morgan fingerprint density at radius 2 is 1.33 bits per heavy atom. The summed E-state index contributed by atoms with van der Waals surface area (Å²) in [4.78, 5) is 12.6. The second-order valence-corrected chi connectivity index (χ2v) is 6.87. The third-order valence-electron chi connectivity index (χ3n) is 5.04. The Morgan fingerprint density at radius 1 is 0.815 bits per heavy atom. The number of carbonyl (C=O) groups excluding carboxylic acids is 1. The molecule has 4 fully saturated rings. The molecule has 4 rings (SSSR count). The lowest BCUT2D eigenvalue weighted by molar-refractivity contribution is -0.124. The van der Waals surface area contributed by atoms with Crippen LogP contribution >= 0.6 is 0 Å². The van der Waals surface area contributed by atoms with Gasteiger partial charge in [-0.25, -0.2) is 0 Å². The predicted molar refractivity (Wildman–Crippen MR) is 99.5 cm³/mol. The highest BCUT2D eigenvalue weighted by Gasteiger charge is 2.39. The van der Waals surface area contributed by atoms with E-state index in [-0.39, 0.29) is 5.54 Å². The van der Waals surface area contributed by atoms with Crippen LogP contribution in [0.4, 0.5) is 0 Å². The number of hydrogen-bond acceptors (Lipinski definition) is 8. The van der Waals surface area contributed by atoms with Gasteiger partial charge in [0.05, 0.1) is 45.7 Å². The second kappa shape index (κ2) is 13.2. The van der Waals surface area contributed by atoms with Gasteiger partial charge in [-0.2, -0.15) is 5.26 Å². The summed E-state index contributed by atoms with van der Waals surface area (Å²) in [5, 5.41) is 12.5. The molecule has 0 unspecified atom stereocenters. The Bertz CT molecular complexity index is 433. The molecule has 0 saturated carbocycles. The van der Waals surface area contributed by atoms with Crippen molar-refractivity contribution < 1.29 is 23.7 Å². The summed E-state index contributed by atoms with van der Waals surface area (Å²) in [5.41, 5.74) is -0.276. The maximum absolute atomic E-state index is 10.4. The number of hydrogen-bond donors (Lipinski definition) is 1. The quantitative estimate of drug-likeness (QED) is 0.694. The van der Waals surface area contributed by atoms with E-state index >= 15 is 0 Å². The maximum Gasteiger partial charge on any atom is 0.137 e. The van der Waals surface area contributed by atoms with Crippen molar-refractivity contribution in [3.63, 3.8) is 0 Å². The minimum absolute atomic E-state index is 0.276. The van der Waals surface area contributed by atoms with Gasteiger partial charge in [-0.1, -0.05) is 0 Å². The number of morpholine rings is 2. The highest BCUT2D eigenvalue weighted by molar-refractivity contribution is 5.79. The fourth-order valence-corrected chi connectivity index (χ4v) is 3.31. The zero-order valence-electron chi connectivity index (χ0n) is 16.2. The van der Waals surface area contributed by atoms with Gasteiger partial charge in [0.2, 0.25) is 0 Å². The summed E-state index contributed by atoms with van der Waals surface area (Å²) in [6.45, 7) is 9.81. The number of nitriles is 1. The number of ether oxygens (including phenoxy) is 4. The average molecular weight is 383 g/mol. The van der Waals surface area contributed by atoms with E-state index in [1.807, 2.05) is 0 Å². The fourth-order valence-electron chi connectivity index (χ4n) is 3.31. The number of nitrogens with zero attached hydrogens (tertiary/aromatic N) is 2. The van der Waals surface area contributed by atoms with Crippen LogP contribution in [0.2, 0.25) is 0 Å². The summed E-state index contributed by atoms with van der Waals surface area (Å²) in [6, 6.07) is 2.48. The largest absolute Gasteiger partial charge is 0.381 e. The Labute approximate surface area is 162 Å². The molecule has 8 nitrogen and oxygen atoms in total. The minimum atomic E-state index is -0.276. The van der Waals surface area contributed by atoms with E-state index in [0.717, 1.165) is 65.4 Å². The van der Waals surface area contributed by atoms with Crippen LogP contribution in [0.15, 0.2) is 0 Å². The van der Waals surface area contributed by atoms with Gasteiger partial charge in [-0.05, 0) is 0 Å². The van der Waals surface area contributed by atoms with Gasteiger partial charge in [-0.15, -0.1) is 0 Å². The molecule has 1 N–H and O–H groups in total. The zero-order valence-corrected chi connectivity index (χ0v) is 16.2. The van der Waals surface area contributed by atoms with E-state index in [9.17, 15) is 10.1 Å². The first kappa shape index (κ1) is 22.2. The van der Waals surface area contributed by atoms with Crippen molar-refractivity contribution in [2.45, 2.75) is 31.2 Å². The molecule has 0 amide bonds.